The average molecular weight is 567 g/mol. The number of nitrogens with one attached hydrogen (secondary N) is 1. The van der Waals surface area contributed by atoms with Gasteiger partial charge < -0.3 is 10.1 Å². The number of ether oxygens (including phenoxy) is 1. The van der Waals surface area contributed by atoms with Crippen LogP contribution in [0.1, 0.15) is 45.5 Å². The Hall–Kier alpha value is -4.25. The molecular formula is C30H29F3N4O4. The van der Waals surface area contributed by atoms with Crippen LogP contribution in [0.25, 0.3) is 0 Å². The van der Waals surface area contributed by atoms with Crippen molar-refractivity contribution in [3.05, 3.63) is 106 Å². The highest BCUT2D eigenvalue weighted by molar-refractivity contribution is 5.94. The summed E-state index contributed by atoms with van der Waals surface area (Å²) in [5.74, 6) is -0.239. The average Bonchev–Trinajstić information content (AvgIpc) is 3.27. The number of nitroso groups, excluding NO2 is 1. The first-order chi connectivity index (χ1) is 19.6. The van der Waals surface area contributed by atoms with Gasteiger partial charge in [0.15, 0.2) is 0 Å². The Kier molecular flexibility index (Phi) is 8.07. The van der Waals surface area contributed by atoms with Crippen molar-refractivity contribution in [1.29, 1.82) is 0 Å². The zero-order valence-electron chi connectivity index (χ0n) is 22.2. The van der Waals surface area contributed by atoms with Crippen molar-refractivity contribution < 1.29 is 27.5 Å². The second kappa shape index (κ2) is 11.7. The molecule has 2 heterocycles. The molecule has 0 aromatic heterocycles. The molecule has 214 valence electrons. The maximum Gasteiger partial charge on any atom is 0.416 e. The van der Waals surface area contributed by atoms with Gasteiger partial charge in [-0.1, -0.05) is 36.4 Å². The lowest BCUT2D eigenvalue weighted by molar-refractivity contribution is -0.137. The minimum atomic E-state index is -4.35. The molecule has 3 aromatic carbocycles. The number of nitrogens with zero attached hydrogens (tertiary/aromatic N) is 3. The summed E-state index contributed by atoms with van der Waals surface area (Å²) >= 11 is 0. The van der Waals surface area contributed by atoms with Gasteiger partial charge in [-0.3, -0.25) is 14.6 Å². The maximum atomic E-state index is 12.8. The normalized spacial score (nSPS) is 17.0. The molecule has 0 radical (unpaired) electrons. The number of carbonyl (C=O) groups is 2. The van der Waals surface area contributed by atoms with E-state index in [1.807, 2.05) is 12.1 Å². The first-order valence-corrected chi connectivity index (χ1v) is 13.3. The molecule has 2 amide bonds. The van der Waals surface area contributed by atoms with Gasteiger partial charge in [0.1, 0.15) is 11.3 Å². The number of carbonyl (C=O) groups excluding carboxylic acids is 2. The quantitative estimate of drug-likeness (QED) is 0.337. The van der Waals surface area contributed by atoms with E-state index in [1.165, 1.54) is 12.1 Å². The van der Waals surface area contributed by atoms with E-state index in [2.05, 4.69) is 15.4 Å². The van der Waals surface area contributed by atoms with Crippen molar-refractivity contribution in [2.75, 3.05) is 19.6 Å². The number of hydrogen-bond donors (Lipinski definition) is 1. The molecule has 8 nitrogen and oxygen atoms in total. The van der Waals surface area contributed by atoms with Crippen LogP contribution < -0.4 is 5.32 Å². The zero-order chi connectivity index (χ0) is 29.0. The van der Waals surface area contributed by atoms with E-state index >= 15 is 0 Å². The largest absolute Gasteiger partial charge is 0.441 e. The van der Waals surface area contributed by atoms with Crippen LogP contribution in [0.4, 0.5) is 23.7 Å². The Morgan fingerprint density at radius 3 is 2.07 bits per heavy atom. The van der Waals surface area contributed by atoms with Gasteiger partial charge in [-0.15, -0.1) is 4.91 Å². The molecule has 3 aromatic rings. The molecule has 2 saturated heterocycles. The van der Waals surface area contributed by atoms with E-state index in [0.29, 0.717) is 63.4 Å². The molecule has 0 saturated carbocycles. The smallest absolute Gasteiger partial charge is 0.416 e. The summed E-state index contributed by atoms with van der Waals surface area (Å²) in [6, 6.07) is 18.9. The third kappa shape index (κ3) is 6.91. The van der Waals surface area contributed by atoms with E-state index in [0.717, 1.165) is 28.8 Å². The second-order valence-electron chi connectivity index (χ2n) is 10.5. The van der Waals surface area contributed by atoms with Gasteiger partial charge in [0, 0.05) is 51.1 Å². The molecule has 2 aliphatic heterocycles. The van der Waals surface area contributed by atoms with Gasteiger partial charge in [0.2, 0.25) is 0 Å². The lowest BCUT2D eigenvalue weighted by Gasteiger charge is -2.37. The van der Waals surface area contributed by atoms with Crippen LogP contribution >= 0.6 is 0 Å². The number of amides is 2. The third-order valence-electron chi connectivity index (χ3n) is 7.58. The fourth-order valence-electron chi connectivity index (χ4n) is 5.19. The molecule has 0 unspecified atom stereocenters. The summed E-state index contributed by atoms with van der Waals surface area (Å²) < 4.78 is 44.3. The van der Waals surface area contributed by atoms with Crippen molar-refractivity contribution >= 4 is 17.7 Å². The number of benzene rings is 3. The fourth-order valence-corrected chi connectivity index (χ4v) is 5.19. The Morgan fingerprint density at radius 2 is 1.46 bits per heavy atom. The second-order valence-corrected chi connectivity index (χ2v) is 10.5. The lowest BCUT2D eigenvalue weighted by Crippen LogP contribution is -2.46. The summed E-state index contributed by atoms with van der Waals surface area (Å²) in [6.45, 7) is 3.00. The SMILES string of the molecule is O=Nc1ccc(CNC(=O)c2ccc(CN3CC4(CCN(Cc5ccc(C(F)(F)F)cc5)CC4)OC3=O)cc2)cc1. The molecular weight excluding hydrogens is 537 g/mol. The van der Waals surface area contributed by atoms with Gasteiger partial charge in [0.25, 0.3) is 5.91 Å². The molecule has 0 bridgehead atoms. The molecule has 1 spiro atoms. The topological polar surface area (TPSA) is 91.3 Å². The number of hydrogen-bond acceptors (Lipinski definition) is 6. The summed E-state index contributed by atoms with van der Waals surface area (Å²) in [6.07, 6.45) is -3.44. The number of rotatable bonds is 8. The van der Waals surface area contributed by atoms with E-state index in [4.69, 9.17) is 4.74 Å². The van der Waals surface area contributed by atoms with Crippen molar-refractivity contribution in [2.45, 2.75) is 44.3 Å². The van der Waals surface area contributed by atoms with Gasteiger partial charge >= 0.3 is 12.3 Å². The summed E-state index contributed by atoms with van der Waals surface area (Å²) in [4.78, 5) is 39.6. The Morgan fingerprint density at radius 1 is 0.878 bits per heavy atom. The molecule has 1 N–H and O–H groups in total. The molecule has 5 rings (SSSR count). The Labute approximate surface area is 235 Å². The minimum Gasteiger partial charge on any atom is -0.441 e. The van der Waals surface area contributed by atoms with Gasteiger partial charge in [-0.25, -0.2) is 4.79 Å². The standard InChI is InChI=1S/C30H29F3N4O4/c31-30(32,33)25-9-3-22(4-10-25)18-36-15-13-29(14-16-36)20-37(28(39)41-29)19-23-1-7-24(8-2-23)27(38)34-17-21-5-11-26(35-40)12-6-21/h1-12H,13-20H2,(H,34,38). The fraction of sp³-hybridized carbons (Fsp3) is 0.333. The van der Waals surface area contributed by atoms with E-state index < -0.39 is 17.3 Å². The van der Waals surface area contributed by atoms with Crippen molar-refractivity contribution in [2.24, 2.45) is 5.18 Å². The highest BCUT2D eigenvalue weighted by Gasteiger charge is 2.46. The van der Waals surface area contributed by atoms with Crippen molar-refractivity contribution in [1.82, 2.24) is 15.1 Å². The van der Waals surface area contributed by atoms with Crippen LogP contribution in [0.3, 0.4) is 0 Å². The first-order valence-electron chi connectivity index (χ1n) is 13.3. The van der Waals surface area contributed by atoms with Crippen LogP contribution in [0.2, 0.25) is 0 Å². The van der Waals surface area contributed by atoms with E-state index in [-0.39, 0.29) is 12.0 Å². The summed E-state index contributed by atoms with van der Waals surface area (Å²) in [7, 11) is 0. The van der Waals surface area contributed by atoms with Crippen LogP contribution in [0.15, 0.2) is 78.0 Å². The summed E-state index contributed by atoms with van der Waals surface area (Å²) in [5.41, 5.74) is 2.09. The molecule has 11 heteroatoms. The highest BCUT2D eigenvalue weighted by Crippen LogP contribution is 2.35. The molecule has 0 atom stereocenters. The Balaban J connectivity index is 1.09. The van der Waals surface area contributed by atoms with Crippen LogP contribution in [-0.4, -0.2) is 47.0 Å². The van der Waals surface area contributed by atoms with Gasteiger partial charge in [0.05, 0.1) is 12.1 Å². The predicted octanol–water partition coefficient (Wildman–Crippen LogP) is 6.02. The highest BCUT2D eigenvalue weighted by atomic mass is 19.4. The van der Waals surface area contributed by atoms with Crippen molar-refractivity contribution in [3.8, 4) is 0 Å². The maximum absolute atomic E-state index is 12.8. The number of likely N-dealkylation sites (tertiary alicyclic amines) is 1. The van der Waals surface area contributed by atoms with Gasteiger partial charge in [-0.2, -0.15) is 13.2 Å². The number of alkyl halides is 3. The lowest BCUT2D eigenvalue weighted by atomic mass is 9.91. The molecule has 2 fully saturated rings. The van der Waals surface area contributed by atoms with E-state index in [1.54, 1.807) is 41.3 Å². The number of piperidine rings is 1. The zero-order valence-corrected chi connectivity index (χ0v) is 22.2. The predicted molar refractivity (Wildman–Crippen MR) is 145 cm³/mol. The van der Waals surface area contributed by atoms with Crippen molar-refractivity contribution in [3.63, 3.8) is 0 Å². The molecule has 2 aliphatic rings. The summed E-state index contributed by atoms with van der Waals surface area (Å²) in [5, 5.41) is 5.69. The number of halogens is 3. The van der Waals surface area contributed by atoms with Gasteiger partial charge in [-0.05, 0) is 58.3 Å². The van der Waals surface area contributed by atoms with Crippen LogP contribution in [-0.2, 0) is 30.5 Å². The Bertz CT molecular complexity index is 1390. The molecule has 41 heavy (non-hydrogen) atoms. The van der Waals surface area contributed by atoms with Crippen LogP contribution in [0.5, 0.6) is 0 Å². The molecule has 0 aliphatic carbocycles. The minimum absolute atomic E-state index is 0.239. The third-order valence-corrected chi connectivity index (χ3v) is 7.58. The monoisotopic (exact) mass is 566 g/mol. The first kappa shape index (κ1) is 28.3. The van der Waals surface area contributed by atoms with E-state index in [9.17, 15) is 27.7 Å². The van der Waals surface area contributed by atoms with Crippen LogP contribution in [0, 0.1) is 4.91 Å².